The standard InChI is InChI=1S/C13H20FN3/c1-3-16-11-4-5-13(12(14)8-11)17-7-6-15-9-10(17)2/h4-5,8,10,15-16H,3,6-7,9H2,1-2H3. The molecular weight excluding hydrogens is 217 g/mol. The van der Waals surface area contributed by atoms with Gasteiger partial charge in [0.05, 0.1) is 5.69 Å². The minimum Gasteiger partial charge on any atom is -0.385 e. The smallest absolute Gasteiger partial charge is 0.148 e. The average molecular weight is 237 g/mol. The molecule has 1 heterocycles. The van der Waals surface area contributed by atoms with Gasteiger partial charge in [-0.25, -0.2) is 4.39 Å². The van der Waals surface area contributed by atoms with Crippen LogP contribution >= 0.6 is 0 Å². The Morgan fingerprint density at radius 2 is 2.35 bits per heavy atom. The Morgan fingerprint density at radius 3 is 3.00 bits per heavy atom. The quantitative estimate of drug-likeness (QED) is 0.842. The molecule has 2 rings (SSSR count). The molecule has 2 N–H and O–H groups in total. The first-order chi connectivity index (χ1) is 8.22. The molecule has 0 saturated carbocycles. The molecule has 0 bridgehead atoms. The van der Waals surface area contributed by atoms with Gasteiger partial charge in [-0.3, -0.25) is 0 Å². The van der Waals surface area contributed by atoms with Gasteiger partial charge in [-0.15, -0.1) is 0 Å². The first kappa shape index (κ1) is 12.2. The fourth-order valence-corrected chi connectivity index (χ4v) is 2.25. The third-order valence-corrected chi connectivity index (χ3v) is 3.14. The van der Waals surface area contributed by atoms with Crippen molar-refractivity contribution >= 4 is 11.4 Å². The molecule has 1 aromatic carbocycles. The van der Waals surface area contributed by atoms with Crippen molar-refractivity contribution in [3.05, 3.63) is 24.0 Å². The molecule has 94 valence electrons. The molecule has 17 heavy (non-hydrogen) atoms. The van der Waals surface area contributed by atoms with Crippen molar-refractivity contribution in [3.8, 4) is 0 Å². The van der Waals surface area contributed by atoms with Crippen LogP contribution in [0, 0.1) is 5.82 Å². The lowest BCUT2D eigenvalue weighted by atomic mass is 10.1. The van der Waals surface area contributed by atoms with Crippen molar-refractivity contribution in [1.82, 2.24) is 5.32 Å². The molecule has 1 aliphatic rings. The highest BCUT2D eigenvalue weighted by Crippen LogP contribution is 2.25. The van der Waals surface area contributed by atoms with Crippen LogP contribution in [0.3, 0.4) is 0 Å². The zero-order valence-corrected chi connectivity index (χ0v) is 10.5. The van der Waals surface area contributed by atoms with Crippen molar-refractivity contribution in [2.75, 3.05) is 36.4 Å². The fraction of sp³-hybridized carbons (Fsp3) is 0.538. The lowest BCUT2D eigenvalue weighted by Crippen LogP contribution is -2.50. The van der Waals surface area contributed by atoms with Crippen molar-refractivity contribution in [3.63, 3.8) is 0 Å². The number of hydrogen-bond acceptors (Lipinski definition) is 3. The van der Waals surface area contributed by atoms with Gasteiger partial charge in [0.15, 0.2) is 0 Å². The Balaban J connectivity index is 2.20. The second kappa shape index (κ2) is 5.36. The molecule has 1 saturated heterocycles. The second-order valence-corrected chi connectivity index (χ2v) is 4.44. The van der Waals surface area contributed by atoms with Crippen LogP contribution in [-0.2, 0) is 0 Å². The van der Waals surface area contributed by atoms with Crippen LogP contribution in [0.1, 0.15) is 13.8 Å². The van der Waals surface area contributed by atoms with Gasteiger partial charge in [0.2, 0.25) is 0 Å². The zero-order chi connectivity index (χ0) is 12.3. The van der Waals surface area contributed by atoms with Crippen LogP contribution in [0.4, 0.5) is 15.8 Å². The summed E-state index contributed by atoms with van der Waals surface area (Å²) < 4.78 is 14.0. The van der Waals surface area contributed by atoms with E-state index in [4.69, 9.17) is 0 Å². The largest absolute Gasteiger partial charge is 0.385 e. The van der Waals surface area contributed by atoms with Crippen molar-refractivity contribution in [2.24, 2.45) is 0 Å². The molecule has 0 aromatic heterocycles. The summed E-state index contributed by atoms with van der Waals surface area (Å²) in [5, 5.41) is 6.43. The van der Waals surface area contributed by atoms with E-state index in [0.29, 0.717) is 11.7 Å². The van der Waals surface area contributed by atoms with Gasteiger partial charge in [0.25, 0.3) is 0 Å². The summed E-state index contributed by atoms with van der Waals surface area (Å²) in [5.41, 5.74) is 1.55. The first-order valence-electron chi connectivity index (χ1n) is 6.23. The van der Waals surface area contributed by atoms with E-state index in [9.17, 15) is 4.39 Å². The number of piperazine rings is 1. The molecule has 0 amide bonds. The van der Waals surface area contributed by atoms with Gasteiger partial charge in [-0.05, 0) is 32.0 Å². The highest BCUT2D eigenvalue weighted by atomic mass is 19.1. The van der Waals surface area contributed by atoms with Crippen LogP contribution in [0.25, 0.3) is 0 Å². The highest BCUT2D eigenvalue weighted by molar-refractivity contribution is 5.57. The van der Waals surface area contributed by atoms with E-state index in [-0.39, 0.29) is 5.82 Å². The van der Waals surface area contributed by atoms with E-state index >= 15 is 0 Å². The third-order valence-electron chi connectivity index (χ3n) is 3.14. The van der Waals surface area contributed by atoms with Crippen LogP contribution in [0.15, 0.2) is 18.2 Å². The number of hydrogen-bond donors (Lipinski definition) is 2. The van der Waals surface area contributed by atoms with Gasteiger partial charge in [0, 0.05) is 37.9 Å². The Morgan fingerprint density at radius 1 is 1.53 bits per heavy atom. The number of benzene rings is 1. The Bertz CT molecular complexity index is 381. The molecule has 1 unspecified atom stereocenters. The summed E-state index contributed by atoms with van der Waals surface area (Å²) in [5.74, 6) is -0.141. The van der Waals surface area contributed by atoms with Crippen molar-refractivity contribution < 1.29 is 4.39 Å². The monoisotopic (exact) mass is 237 g/mol. The number of anilines is 2. The lowest BCUT2D eigenvalue weighted by molar-refractivity contribution is 0.491. The van der Waals surface area contributed by atoms with Crippen molar-refractivity contribution in [1.29, 1.82) is 0 Å². The van der Waals surface area contributed by atoms with E-state index in [1.54, 1.807) is 6.07 Å². The van der Waals surface area contributed by atoms with E-state index in [2.05, 4.69) is 22.5 Å². The van der Waals surface area contributed by atoms with Crippen molar-refractivity contribution in [2.45, 2.75) is 19.9 Å². The Hall–Kier alpha value is -1.29. The van der Waals surface area contributed by atoms with Crippen LogP contribution < -0.4 is 15.5 Å². The maximum atomic E-state index is 14.0. The SMILES string of the molecule is CCNc1ccc(N2CCNCC2C)c(F)c1. The highest BCUT2D eigenvalue weighted by Gasteiger charge is 2.20. The van der Waals surface area contributed by atoms with Gasteiger partial charge >= 0.3 is 0 Å². The molecule has 1 fully saturated rings. The summed E-state index contributed by atoms with van der Waals surface area (Å²) in [6, 6.07) is 5.72. The second-order valence-electron chi connectivity index (χ2n) is 4.44. The number of rotatable bonds is 3. The van der Waals surface area contributed by atoms with Gasteiger partial charge in [0.1, 0.15) is 5.82 Å². The number of nitrogens with zero attached hydrogens (tertiary/aromatic N) is 1. The molecule has 1 aliphatic heterocycles. The molecule has 0 aliphatic carbocycles. The maximum Gasteiger partial charge on any atom is 0.148 e. The molecule has 4 heteroatoms. The average Bonchev–Trinajstić information content (AvgIpc) is 2.31. The van der Waals surface area contributed by atoms with Crippen LogP contribution in [0.2, 0.25) is 0 Å². The maximum absolute atomic E-state index is 14.0. The zero-order valence-electron chi connectivity index (χ0n) is 10.5. The van der Waals surface area contributed by atoms with E-state index in [1.807, 2.05) is 19.1 Å². The molecule has 0 radical (unpaired) electrons. The molecule has 1 aromatic rings. The summed E-state index contributed by atoms with van der Waals surface area (Å²) in [7, 11) is 0. The van der Waals surface area contributed by atoms with Gasteiger partial charge in [-0.1, -0.05) is 0 Å². The predicted octanol–water partition coefficient (Wildman–Crippen LogP) is 2.06. The van der Waals surface area contributed by atoms with Crippen LogP contribution in [0.5, 0.6) is 0 Å². The Labute approximate surface area is 102 Å². The lowest BCUT2D eigenvalue weighted by Gasteiger charge is -2.36. The number of nitrogens with one attached hydrogen (secondary N) is 2. The van der Waals surface area contributed by atoms with Gasteiger partial charge < -0.3 is 15.5 Å². The molecular formula is C13H20FN3. The topological polar surface area (TPSA) is 27.3 Å². The normalized spacial score (nSPS) is 20.4. The van der Waals surface area contributed by atoms with E-state index < -0.39 is 0 Å². The third kappa shape index (κ3) is 2.69. The summed E-state index contributed by atoms with van der Waals surface area (Å²) in [6.07, 6.45) is 0. The predicted molar refractivity (Wildman–Crippen MR) is 70.2 cm³/mol. The molecule has 0 spiro atoms. The summed E-state index contributed by atoms with van der Waals surface area (Å²) >= 11 is 0. The molecule has 3 nitrogen and oxygen atoms in total. The molecule has 1 atom stereocenters. The Kier molecular flexibility index (Phi) is 3.84. The van der Waals surface area contributed by atoms with Gasteiger partial charge in [-0.2, -0.15) is 0 Å². The van der Waals surface area contributed by atoms with E-state index in [1.165, 1.54) is 0 Å². The number of halogens is 1. The fourth-order valence-electron chi connectivity index (χ4n) is 2.25. The van der Waals surface area contributed by atoms with E-state index in [0.717, 1.165) is 31.9 Å². The van der Waals surface area contributed by atoms with Crippen LogP contribution in [-0.4, -0.2) is 32.2 Å². The summed E-state index contributed by atoms with van der Waals surface area (Å²) in [6.45, 7) is 7.61. The summed E-state index contributed by atoms with van der Waals surface area (Å²) in [4.78, 5) is 2.13. The minimum atomic E-state index is -0.141. The first-order valence-corrected chi connectivity index (χ1v) is 6.23. The minimum absolute atomic E-state index is 0.141.